The third kappa shape index (κ3) is 4.24. The number of nitrogens with one attached hydrogen (secondary N) is 2. The second-order valence-corrected chi connectivity index (χ2v) is 4.03. The Labute approximate surface area is 101 Å². The van der Waals surface area contributed by atoms with Crippen molar-refractivity contribution in [2.45, 2.75) is 0 Å². The normalized spacial score (nSPS) is 11.6. The molecule has 0 aliphatic heterocycles. The number of carbonyl (C=O) groups excluding carboxylic acids is 1. The summed E-state index contributed by atoms with van der Waals surface area (Å²) in [4.78, 5) is 13.0. The van der Waals surface area contributed by atoms with Crippen LogP contribution < -0.4 is 10.2 Å². The zero-order valence-electron chi connectivity index (χ0n) is 10.1. The average Bonchev–Trinajstić information content (AvgIpc) is 2.31. The van der Waals surface area contributed by atoms with Crippen LogP contribution in [0.2, 0.25) is 0 Å². The van der Waals surface area contributed by atoms with Crippen LogP contribution in [0.4, 0.5) is 0 Å². The summed E-state index contributed by atoms with van der Waals surface area (Å²) in [6.45, 7) is 1.37. The summed E-state index contributed by atoms with van der Waals surface area (Å²) in [5.74, 6) is -0.361. The van der Waals surface area contributed by atoms with Gasteiger partial charge in [0.25, 0.3) is 5.91 Å². The van der Waals surface area contributed by atoms with Gasteiger partial charge in [-0.25, -0.2) is 0 Å². The fourth-order valence-electron chi connectivity index (χ4n) is 1.34. The molecule has 0 unspecified atom stereocenters. The minimum Gasteiger partial charge on any atom is -0.410 e. The number of benzene rings is 1. The predicted octanol–water partition coefficient (Wildman–Crippen LogP) is -0.874. The second-order valence-electron chi connectivity index (χ2n) is 4.03. The average molecular weight is 236 g/mol. The van der Waals surface area contributed by atoms with Gasteiger partial charge >= 0.3 is 0 Å². The van der Waals surface area contributed by atoms with Gasteiger partial charge in [-0.15, -0.1) is 0 Å². The van der Waals surface area contributed by atoms with Gasteiger partial charge in [0.1, 0.15) is 0 Å². The molecule has 0 aliphatic rings. The lowest BCUT2D eigenvalue weighted by Gasteiger charge is -2.09. The molecule has 0 spiro atoms. The van der Waals surface area contributed by atoms with Gasteiger partial charge in [0, 0.05) is 5.56 Å². The number of nitrogens with zero attached hydrogens (tertiary/aromatic N) is 1. The molecule has 1 rings (SSSR count). The van der Waals surface area contributed by atoms with Crippen LogP contribution in [-0.2, 0) is 4.79 Å². The maximum atomic E-state index is 11.7. The molecule has 0 saturated carbocycles. The van der Waals surface area contributed by atoms with Crippen molar-refractivity contribution >= 4 is 11.6 Å². The van der Waals surface area contributed by atoms with Crippen LogP contribution in [0.5, 0.6) is 0 Å². The molecule has 1 aromatic carbocycles. The van der Waals surface area contributed by atoms with Crippen molar-refractivity contribution in [3.8, 4) is 0 Å². The molecule has 0 heterocycles. The first kappa shape index (κ1) is 13.2. The highest BCUT2D eigenvalue weighted by Gasteiger charge is 2.13. The standard InChI is InChI=1S/C12H17N3O2/c1-15(2)9-8-13-12(16)11(14-17)10-6-4-3-5-7-10/h3-7,17H,8-9H2,1-2H3,(H,13,16)/p+1. The molecule has 17 heavy (non-hydrogen) atoms. The van der Waals surface area contributed by atoms with Gasteiger partial charge < -0.3 is 15.4 Å². The minimum absolute atomic E-state index is 0.0411. The molecule has 3 N–H and O–H groups in total. The van der Waals surface area contributed by atoms with E-state index >= 15 is 0 Å². The van der Waals surface area contributed by atoms with Gasteiger partial charge in [-0.1, -0.05) is 35.5 Å². The molecular weight excluding hydrogens is 218 g/mol. The lowest BCUT2D eigenvalue weighted by molar-refractivity contribution is -0.856. The van der Waals surface area contributed by atoms with Crippen LogP contribution in [0.25, 0.3) is 0 Å². The molecule has 1 aromatic rings. The number of hydrogen-bond acceptors (Lipinski definition) is 3. The molecule has 0 aromatic heterocycles. The van der Waals surface area contributed by atoms with E-state index in [0.29, 0.717) is 12.1 Å². The maximum Gasteiger partial charge on any atom is 0.274 e. The van der Waals surface area contributed by atoms with E-state index in [0.717, 1.165) is 6.54 Å². The van der Waals surface area contributed by atoms with Gasteiger partial charge in [0.2, 0.25) is 0 Å². The van der Waals surface area contributed by atoms with E-state index in [1.165, 1.54) is 4.90 Å². The number of oxime groups is 1. The van der Waals surface area contributed by atoms with Crippen LogP contribution in [0.15, 0.2) is 35.5 Å². The van der Waals surface area contributed by atoms with E-state index in [2.05, 4.69) is 10.5 Å². The predicted molar refractivity (Wildman–Crippen MR) is 65.5 cm³/mol. The van der Waals surface area contributed by atoms with Crippen LogP contribution in [0.3, 0.4) is 0 Å². The van der Waals surface area contributed by atoms with E-state index < -0.39 is 0 Å². The number of amides is 1. The van der Waals surface area contributed by atoms with Crippen molar-refractivity contribution in [1.29, 1.82) is 0 Å². The SMILES string of the molecule is C[NH+](C)CCNC(=O)C(=NO)c1ccccc1. The number of rotatable bonds is 5. The molecule has 0 bridgehead atoms. The summed E-state index contributed by atoms with van der Waals surface area (Å²) >= 11 is 0. The summed E-state index contributed by atoms with van der Waals surface area (Å²) in [6, 6.07) is 8.87. The van der Waals surface area contributed by atoms with E-state index in [1.807, 2.05) is 20.2 Å². The molecular formula is C12H18N3O2+. The Morgan fingerprint density at radius 3 is 2.53 bits per heavy atom. The molecule has 0 atom stereocenters. The van der Waals surface area contributed by atoms with Crippen molar-refractivity contribution in [2.75, 3.05) is 27.2 Å². The summed E-state index contributed by atoms with van der Waals surface area (Å²) in [6.07, 6.45) is 0. The highest BCUT2D eigenvalue weighted by Crippen LogP contribution is 2.00. The Hall–Kier alpha value is -1.88. The minimum atomic E-state index is -0.361. The first-order valence-electron chi connectivity index (χ1n) is 5.50. The van der Waals surface area contributed by atoms with Crippen molar-refractivity contribution in [1.82, 2.24) is 5.32 Å². The quantitative estimate of drug-likeness (QED) is 0.353. The Morgan fingerprint density at radius 2 is 2.00 bits per heavy atom. The molecule has 0 saturated heterocycles. The first-order chi connectivity index (χ1) is 8.15. The lowest BCUT2D eigenvalue weighted by atomic mass is 10.1. The molecule has 0 fully saturated rings. The van der Waals surface area contributed by atoms with Gasteiger partial charge in [0.05, 0.1) is 27.2 Å². The fraction of sp³-hybridized carbons (Fsp3) is 0.333. The Bertz CT molecular complexity index is 388. The Kier molecular flexibility index (Phi) is 5.16. The number of carbonyl (C=O) groups is 1. The lowest BCUT2D eigenvalue weighted by Crippen LogP contribution is -3.06. The molecule has 0 aliphatic carbocycles. The second kappa shape index (κ2) is 6.65. The summed E-state index contributed by atoms with van der Waals surface area (Å²) < 4.78 is 0. The van der Waals surface area contributed by atoms with Gasteiger partial charge in [-0.05, 0) is 0 Å². The van der Waals surface area contributed by atoms with Crippen molar-refractivity contribution < 1.29 is 14.9 Å². The fourth-order valence-corrected chi connectivity index (χ4v) is 1.34. The van der Waals surface area contributed by atoms with Crippen LogP contribution in [0, 0.1) is 0 Å². The van der Waals surface area contributed by atoms with Gasteiger partial charge in [-0.2, -0.15) is 0 Å². The van der Waals surface area contributed by atoms with Gasteiger partial charge in [0.15, 0.2) is 5.71 Å². The van der Waals surface area contributed by atoms with E-state index in [-0.39, 0.29) is 11.6 Å². The van der Waals surface area contributed by atoms with Crippen LogP contribution in [0.1, 0.15) is 5.56 Å². The third-order valence-corrected chi connectivity index (χ3v) is 2.27. The topological polar surface area (TPSA) is 66.1 Å². The van der Waals surface area contributed by atoms with Gasteiger partial charge in [-0.3, -0.25) is 4.79 Å². The van der Waals surface area contributed by atoms with E-state index in [9.17, 15) is 4.79 Å². The summed E-state index contributed by atoms with van der Waals surface area (Å²) in [5, 5.41) is 14.6. The molecule has 0 radical (unpaired) electrons. The number of hydrogen-bond donors (Lipinski definition) is 3. The zero-order chi connectivity index (χ0) is 12.7. The monoisotopic (exact) mass is 236 g/mol. The zero-order valence-corrected chi connectivity index (χ0v) is 10.1. The third-order valence-electron chi connectivity index (χ3n) is 2.27. The summed E-state index contributed by atoms with van der Waals surface area (Å²) in [7, 11) is 4.01. The highest BCUT2D eigenvalue weighted by atomic mass is 16.4. The van der Waals surface area contributed by atoms with Crippen molar-refractivity contribution in [3.63, 3.8) is 0 Å². The molecule has 5 heteroatoms. The highest BCUT2D eigenvalue weighted by molar-refractivity contribution is 6.45. The molecule has 92 valence electrons. The van der Waals surface area contributed by atoms with E-state index in [4.69, 9.17) is 5.21 Å². The number of likely N-dealkylation sites (N-methyl/N-ethyl adjacent to an activating group) is 1. The Morgan fingerprint density at radius 1 is 1.35 bits per heavy atom. The largest absolute Gasteiger partial charge is 0.410 e. The van der Waals surface area contributed by atoms with E-state index in [1.54, 1.807) is 24.3 Å². The molecule has 5 nitrogen and oxygen atoms in total. The van der Waals surface area contributed by atoms with Crippen molar-refractivity contribution in [3.05, 3.63) is 35.9 Å². The summed E-state index contributed by atoms with van der Waals surface area (Å²) in [5.41, 5.74) is 0.643. The molecule has 1 amide bonds. The smallest absolute Gasteiger partial charge is 0.274 e. The van der Waals surface area contributed by atoms with Crippen LogP contribution >= 0.6 is 0 Å². The van der Waals surface area contributed by atoms with Crippen molar-refractivity contribution in [2.24, 2.45) is 5.16 Å². The first-order valence-corrected chi connectivity index (χ1v) is 5.50. The van der Waals surface area contributed by atoms with Crippen LogP contribution in [-0.4, -0.2) is 44.0 Å². The maximum absolute atomic E-state index is 11.7. The Balaban J connectivity index is 2.61. The number of quaternary nitrogens is 1.